The fourth-order valence-corrected chi connectivity index (χ4v) is 2.27. The average Bonchev–Trinajstić information content (AvgIpc) is 2.66. The number of nitro groups is 1. The van der Waals surface area contributed by atoms with Crippen LogP contribution in [0, 0.1) is 10.1 Å². The molecule has 0 N–H and O–H groups in total. The standard InChI is InChI=1S/C19H24N6O4/c1-22(2)11-10-16-17(25(27)28)18(26)24(19(21-16)20-13-23(3)4)14-29-12-15-8-6-5-7-9-15/h5-11,13H,12,14H2,1-4H3/b11-10+,20-13?. The second-order valence-electron chi connectivity index (χ2n) is 6.59. The van der Waals surface area contributed by atoms with Gasteiger partial charge in [-0.1, -0.05) is 30.3 Å². The molecule has 10 heteroatoms. The normalized spacial score (nSPS) is 11.3. The van der Waals surface area contributed by atoms with E-state index in [0.717, 1.165) is 10.1 Å². The molecule has 154 valence electrons. The van der Waals surface area contributed by atoms with Crippen molar-refractivity contribution in [3.63, 3.8) is 0 Å². The number of ether oxygens (including phenoxy) is 1. The summed E-state index contributed by atoms with van der Waals surface area (Å²) >= 11 is 0. The molecule has 0 aliphatic carbocycles. The highest BCUT2D eigenvalue weighted by molar-refractivity contribution is 5.61. The molecule has 0 saturated carbocycles. The van der Waals surface area contributed by atoms with Crippen molar-refractivity contribution in [2.75, 3.05) is 28.2 Å². The third kappa shape index (κ3) is 6.25. The molecule has 0 aliphatic rings. The molecular weight excluding hydrogens is 376 g/mol. The quantitative estimate of drug-likeness (QED) is 0.274. The Bertz CT molecular complexity index is 951. The molecule has 0 unspecified atom stereocenters. The molecule has 0 spiro atoms. The molecule has 0 aliphatic heterocycles. The lowest BCUT2D eigenvalue weighted by Crippen LogP contribution is -2.26. The Hall–Kier alpha value is -3.53. The summed E-state index contributed by atoms with van der Waals surface area (Å²) in [5.74, 6) is 0.0146. The van der Waals surface area contributed by atoms with E-state index in [2.05, 4.69) is 9.98 Å². The van der Waals surface area contributed by atoms with Crippen molar-refractivity contribution in [1.82, 2.24) is 19.4 Å². The van der Waals surface area contributed by atoms with Crippen LogP contribution in [-0.4, -0.2) is 58.8 Å². The van der Waals surface area contributed by atoms with E-state index in [1.807, 2.05) is 30.3 Å². The lowest BCUT2D eigenvalue weighted by Gasteiger charge is -2.12. The van der Waals surface area contributed by atoms with Gasteiger partial charge in [-0.05, 0) is 11.6 Å². The van der Waals surface area contributed by atoms with Crippen molar-refractivity contribution < 1.29 is 9.66 Å². The zero-order valence-corrected chi connectivity index (χ0v) is 16.8. The van der Waals surface area contributed by atoms with Crippen LogP contribution in [-0.2, 0) is 18.1 Å². The molecule has 2 aromatic rings. The van der Waals surface area contributed by atoms with Gasteiger partial charge in [0.1, 0.15) is 6.73 Å². The van der Waals surface area contributed by atoms with Crippen molar-refractivity contribution in [3.8, 4) is 0 Å². The van der Waals surface area contributed by atoms with Gasteiger partial charge in [-0.25, -0.2) is 14.5 Å². The summed E-state index contributed by atoms with van der Waals surface area (Å²) in [5.41, 5.74) is -0.622. The van der Waals surface area contributed by atoms with E-state index in [9.17, 15) is 14.9 Å². The van der Waals surface area contributed by atoms with Crippen molar-refractivity contribution in [2.45, 2.75) is 13.3 Å². The van der Waals surface area contributed by atoms with Crippen molar-refractivity contribution >= 4 is 24.1 Å². The molecule has 0 saturated heterocycles. The first-order valence-corrected chi connectivity index (χ1v) is 8.75. The number of nitrogens with zero attached hydrogens (tertiary/aromatic N) is 6. The molecular formula is C19H24N6O4. The Morgan fingerprint density at radius 2 is 1.90 bits per heavy atom. The van der Waals surface area contributed by atoms with Gasteiger partial charge < -0.3 is 14.5 Å². The molecule has 2 rings (SSSR count). The maximum atomic E-state index is 12.9. The second kappa shape index (κ2) is 10.1. The lowest BCUT2D eigenvalue weighted by atomic mass is 10.2. The average molecular weight is 400 g/mol. The van der Waals surface area contributed by atoms with E-state index in [1.54, 1.807) is 44.2 Å². The summed E-state index contributed by atoms with van der Waals surface area (Å²) < 4.78 is 6.64. The van der Waals surface area contributed by atoms with Crippen molar-refractivity contribution in [3.05, 3.63) is 68.3 Å². The Kier molecular flexibility index (Phi) is 7.61. The highest BCUT2D eigenvalue weighted by atomic mass is 16.6. The second-order valence-corrected chi connectivity index (χ2v) is 6.59. The number of aromatic nitrogens is 2. The van der Waals surface area contributed by atoms with Crippen LogP contribution in [0.25, 0.3) is 6.08 Å². The molecule has 0 bridgehead atoms. The molecule has 1 aromatic carbocycles. The van der Waals surface area contributed by atoms with Crippen LogP contribution in [0.4, 0.5) is 11.6 Å². The first kappa shape index (κ1) is 21.8. The molecule has 0 radical (unpaired) electrons. The van der Waals surface area contributed by atoms with E-state index >= 15 is 0 Å². The van der Waals surface area contributed by atoms with Crippen LogP contribution in [0.3, 0.4) is 0 Å². The minimum atomic E-state index is -0.831. The highest BCUT2D eigenvalue weighted by Gasteiger charge is 2.24. The van der Waals surface area contributed by atoms with Gasteiger partial charge in [0, 0.05) is 34.4 Å². The maximum absolute atomic E-state index is 12.9. The van der Waals surface area contributed by atoms with Crippen molar-refractivity contribution in [1.29, 1.82) is 0 Å². The smallest absolute Gasteiger partial charge is 0.359 e. The van der Waals surface area contributed by atoms with Crippen LogP contribution in [0.1, 0.15) is 11.3 Å². The SMILES string of the molecule is CN(C)C=Nc1nc(/C=C/N(C)C)c([N+](=O)[O-])c(=O)n1COCc1ccccc1. The summed E-state index contributed by atoms with van der Waals surface area (Å²) in [5, 5.41) is 11.5. The maximum Gasteiger partial charge on any atom is 0.359 e. The van der Waals surface area contributed by atoms with Crippen LogP contribution in [0.2, 0.25) is 0 Å². The molecule has 0 atom stereocenters. The van der Waals surface area contributed by atoms with Gasteiger partial charge >= 0.3 is 11.2 Å². The van der Waals surface area contributed by atoms with Crippen molar-refractivity contribution in [2.24, 2.45) is 4.99 Å². The van der Waals surface area contributed by atoms with Crippen LogP contribution in [0.5, 0.6) is 0 Å². The summed E-state index contributed by atoms with van der Waals surface area (Å²) in [6, 6.07) is 9.38. The monoisotopic (exact) mass is 400 g/mol. The minimum Gasteiger partial charge on any atom is -0.383 e. The fraction of sp³-hybridized carbons (Fsp3) is 0.316. The van der Waals surface area contributed by atoms with Gasteiger partial charge in [0.25, 0.3) is 0 Å². The minimum absolute atomic E-state index is 0.0146. The molecule has 0 amide bonds. The third-order valence-corrected chi connectivity index (χ3v) is 3.60. The Labute approximate surface area is 168 Å². The highest BCUT2D eigenvalue weighted by Crippen LogP contribution is 2.18. The number of rotatable bonds is 9. The van der Waals surface area contributed by atoms with Gasteiger partial charge in [0.2, 0.25) is 5.95 Å². The first-order valence-electron chi connectivity index (χ1n) is 8.75. The van der Waals surface area contributed by atoms with E-state index in [4.69, 9.17) is 4.74 Å². The van der Waals surface area contributed by atoms with E-state index in [1.165, 1.54) is 12.4 Å². The number of benzene rings is 1. The molecule has 1 aromatic heterocycles. The topological polar surface area (TPSA) is 106 Å². The van der Waals surface area contributed by atoms with Crippen LogP contribution >= 0.6 is 0 Å². The van der Waals surface area contributed by atoms with Gasteiger partial charge in [-0.2, -0.15) is 0 Å². The van der Waals surface area contributed by atoms with Gasteiger partial charge in [0.15, 0.2) is 5.69 Å². The lowest BCUT2D eigenvalue weighted by molar-refractivity contribution is -0.387. The number of aliphatic imine (C=N–C) groups is 1. The van der Waals surface area contributed by atoms with Gasteiger partial charge in [-0.15, -0.1) is 0 Å². The molecule has 29 heavy (non-hydrogen) atoms. The van der Waals surface area contributed by atoms with Crippen LogP contribution in [0.15, 0.2) is 46.3 Å². The number of hydrogen-bond donors (Lipinski definition) is 0. The Morgan fingerprint density at radius 3 is 2.48 bits per heavy atom. The zero-order chi connectivity index (χ0) is 21.4. The molecule has 0 fully saturated rings. The third-order valence-electron chi connectivity index (χ3n) is 3.60. The fourth-order valence-electron chi connectivity index (χ4n) is 2.27. The van der Waals surface area contributed by atoms with Crippen LogP contribution < -0.4 is 5.56 Å². The molecule has 10 nitrogen and oxygen atoms in total. The van der Waals surface area contributed by atoms with Gasteiger partial charge in [0.05, 0.1) is 17.9 Å². The molecule has 1 heterocycles. The summed E-state index contributed by atoms with van der Waals surface area (Å²) in [7, 11) is 7.03. The summed E-state index contributed by atoms with van der Waals surface area (Å²) in [6.07, 6.45) is 4.44. The summed E-state index contributed by atoms with van der Waals surface area (Å²) in [4.78, 5) is 35.4. The predicted octanol–water partition coefficient (Wildman–Crippen LogP) is 2.08. The Morgan fingerprint density at radius 1 is 1.21 bits per heavy atom. The predicted molar refractivity (Wildman–Crippen MR) is 111 cm³/mol. The Balaban J connectivity index is 2.46. The summed E-state index contributed by atoms with van der Waals surface area (Å²) in [6.45, 7) is 0.0134. The first-order chi connectivity index (χ1) is 13.8. The number of hydrogen-bond acceptors (Lipinski definition) is 7. The van der Waals surface area contributed by atoms with E-state index in [0.29, 0.717) is 0 Å². The van der Waals surface area contributed by atoms with E-state index in [-0.39, 0.29) is 25.0 Å². The largest absolute Gasteiger partial charge is 0.383 e. The zero-order valence-electron chi connectivity index (χ0n) is 16.8. The van der Waals surface area contributed by atoms with Gasteiger partial charge in [-0.3, -0.25) is 14.9 Å². The van der Waals surface area contributed by atoms with E-state index < -0.39 is 16.2 Å².